The summed E-state index contributed by atoms with van der Waals surface area (Å²) in [5, 5.41) is 2.60. The van der Waals surface area contributed by atoms with E-state index in [4.69, 9.17) is 5.73 Å². The summed E-state index contributed by atoms with van der Waals surface area (Å²) in [5.41, 5.74) is 4.30. The summed E-state index contributed by atoms with van der Waals surface area (Å²) in [6, 6.07) is 2.24. The van der Waals surface area contributed by atoms with Gasteiger partial charge in [0.1, 0.15) is 5.82 Å². The molecule has 0 saturated carbocycles. The highest BCUT2D eigenvalue weighted by atomic mass is 19.4. The molecule has 0 radical (unpaired) electrons. The van der Waals surface area contributed by atoms with Gasteiger partial charge in [0.15, 0.2) is 0 Å². The highest BCUT2D eigenvalue weighted by Crippen LogP contribution is 2.33. The first-order chi connectivity index (χ1) is 7.20. The second-order valence-electron chi connectivity index (χ2n) is 4.24. The topological polar surface area (TPSA) is 50.9 Å². The third-order valence-electron chi connectivity index (χ3n) is 1.82. The summed E-state index contributed by atoms with van der Waals surface area (Å²) in [7, 11) is 0. The second-order valence-corrected chi connectivity index (χ2v) is 4.24. The summed E-state index contributed by atoms with van der Waals surface area (Å²) in [6.45, 7) is 3.65. The molecular formula is C10H14F3N3. The fraction of sp³-hybridized carbons (Fsp3) is 0.500. The Balaban J connectivity index is 2.88. The van der Waals surface area contributed by atoms with Gasteiger partial charge in [-0.2, -0.15) is 13.2 Å². The van der Waals surface area contributed by atoms with E-state index < -0.39 is 17.3 Å². The third-order valence-corrected chi connectivity index (χ3v) is 1.82. The molecule has 0 aromatic carbocycles. The Bertz CT molecular complexity index is 355. The molecule has 0 saturated heterocycles. The van der Waals surface area contributed by atoms with Gasteiger partial charge in [0.05, 0.1) is 5.56 Å². The Labute approximate surface area is 91.9 Å². The van der Waals surface area contributed by atoms with Crippen molar-refractivity contribution >= 4 is 5.82 Å². The third kappa shape index (κ3) is 3.69. The first-order valence-electron chi connectivity index (χ1n) is 4.75. The van der Waals surface area contributed by atoms with Crippen LogP contribution in [0.2, 0.25) is 0 Å². The van der Waals surface area contributed by atoms with Crippen molar-refractivity contribution in [3.8, 4) is 0 Å². The van der Waals surface area contributed by atoms with Gasteiger partial charge in [-0.1, -0.05) is 0 Å². The average molecular weight is 233 g/mol. The molecular weight excluding hydrogens is 219 g/mol. The van der Waals surface area contributed by atoms with Crippen molar-refractivity contribution in [2.75, 3.05) is 11.9 Å². The number of pyridine rings is 1. The number of anilines is 1. The average Bonchev–Trinajstić information content (AvgIpc) is 2.12. The summed E-state index contributed by atoms with van der Waals surface area (Å²) < 4.78 is 37.7. The highest BCUT2D eigenvalue weighted by molar-refractivity contribution is 5.45. The number of hydrogen-bond donors (Lipinski definition) is 2. The molecule has 0 aliphatic rings. The lowest BCUT2D eigenvalue weighted by atomic mass is 10.1. The predicted octanol–water partition coefficient (Wildman–Crippen LogP) is 2.25. The maximum atomic E-state index is 12.6. The number of alkyl halides is 3. The van der Waals surface area contributed by atoms with Crippen LogP contribution in [-0.4, -0.2) is 17.1 Å². The molecule has 90 valence electrons. The summed E-state index contributed by atoms with van der Waals surface area (Å²) in [6.07, 6.45) is -3.10. The van der Waals surface area contributed by atoms with Gasteiger partial charge in [-0.05, 0) is 26.0 Å². The zero-order valence-electron chi connectivity index (χ0n) is 9.10. The minimum atomic E-state index is -4.41. The van der Waals surface area contributed by atoms with Gasteiger partial charge in [-0.15, -0.1) is 0 Å². The Morgan fingerprint density at radius 1 is 1.38 bits per heavy atom. The molecule has 0 unspecified atom stereocenters. The van der Waals surface area contributed by atoms with Crippen molar-refractivity contribution in [1.29, 1.82) is 0 Å². The molecule has 1 aromatic rings. The number of rotatable bonds is 3. The zero-order valence-corrected chi connectivity index (χ0v) is 9.10. The molecule has 6 heteroatoms. The Kier molecular flexibility index (Phi) is 3.42. The van der Waals surface area contributed by atoms with Crippen molar-refractivity contribution < 1.29 is 13.2 Å². The summed E-state index contributed by atoms with van der Waals surface area (Å²) in [4.78, 5) is 3.66. The molecule has 0 fully saturated rings. The summed E-state index contributed by atoms with van der Waals surface area (Å²) >= 11 is 0. The van der Waals surface area contributed by atoms with Gasteiger partial charge in [-0.3, -0.25) is 0 Å². The molecule has 0 aliphatic heterocycles. The van der Waals surface area contributed by atoms with E-state index in [0.717, 1.165) is 6.07 Å². The number of nitrogens with zero attached hydrogens (tertiary/aromatic N) is 1. The van der Waals surface area contributed by atoms with Crippen LogP contribution >= 0.6 is 0 Å². The molecule has 1 heterocycles. The smallest absolute Gasteiger partial charge is 0.368 e. The molecule has 1 rings (SSSR count). The Morgan fingerprint density at radius 2 is 2.00 bits per heavy atom. The van der Waals surface area contributed by atoms with Crippen molar-refractivity contribution in [1.82, 2.24) is 4.98 Å². The van der Waals surface area contributed by atoms with Crippen molar-refractivity contribution in [3.63, 3.8) is 0 Å². The first-order valence-corrected chi connectivity index (χ1v) is 4.75. The van der Waals surface area contributed by atoms with Crippen LogP contribution in [0.15, 0.2) is 18.3 Å². The van der Waals surface area contributed by atoms with Gasteiger partial charge >= 0.3 is 6.18 Å². The quantitative estimate of drug-likeness (QED) is 0.841. The molecule has 0 aliphatic carbocycles. The number of aromatic nitrogens is 1. The van der Waals surface area contributed by atoms with E-state index >= 15 is 0 Å². The number of halogens is 3. The maximum absolute atomic E-state index is 12.6. The fourth-order valence-corrected chi connectivity index (χ4v) is 1.09. The second kappa shape index (κ2) is 4.29. The Hall–Kier alpha value is -1.30. The first kappa shape index (κ1) is 12.8. The van der Waals surface area contributed by atoms with E-state index in [-0.39, 0.29) is 12.4 Å². The zero-order chi connectivity index (χ0) is 12.4. The van der Waals surface area contributed by atoms with Crippen LogP contribution in [0.5, 0.6) is 0 Å². The Morgan fingerprint density at radius 3 is 2.50 bits per heavy atom. The van der Waals surface area contributed by atoms with Crippen LogP contribution in [-0.2, 0) is 6.18 Å². The molecule has 16 heavy (non-hydrogen) atoms. The molecule has 3 nitrogen and oxygen atoms in total. The number of nitrogens with two attached hydrogens (primary N) is 1. The molecule has 0 atom stereocenters. The van der Waals surface area contributed by atoms with Crippen molar-refractivity contribution in [3.05, 3.63) is 23.9 Å². The lowest BCUT2D eigenvalue weighted by molar-refractivity contribution is -0.137. The SMILES string of the molecule is CC(C)(N)CNc1ncccc1C(F)(F)F. The minimum Gasteiger partial charge on any atom is -0.368 e. The number of hydrogen-bond acceptors (Lipinski definition) is 3. The maximum Gasteiger partial charge on any atom is 0.419 e. The molecule has 0 spiro atoms. The monoisotopic (exact) mass is 233 g/mol. The van der Waals surface area contributed by atoms with Gasteiger partial charge < -0.3 is 11.1 Å². The van der Waals surface area contributed by atoms with Crippen LogP contribution in [0.25, 0.3) is 0 Å². The highest BCUT2D eigenvalue weighted by Gasteiger charge is 2.34. The van der Waals surface area contributed by atoms with E-state index in [9.17, 15) is 13.2 Å². The predicted molar refractivity (Wildman–Crippen MR) is 56.0 cm³/mol. The normalized spacial score (nSPS) is 12.6. The van der Waals surface area contributed by atoms with Gasteiger partial charge in [0.25, 0.3) is 0 Å². The minimum absolute atomic E-state index is 0.187. The molecule has 3 N–H and O–H groups in total. The van der Waals surface area contributed by atoms with Gasteiger partial charge in [-0.25, -0.2) is 4.98 Å². The van der Waals surface area contributed by atoms with Crippen molar-refractivity contribution in [2.45, 2.75) is 25.6 Å². The molecule has 0 amide bonds. The van der Waals surface area contributed by atoms with E-state index in [1.807, 2.05) is 0 Å². The molecule has 1 aromatic heterocycles. The standard InChI is InChI=1S/C10H14F3N3/c1-9(2,14)6-16-8-7(10(11,12)13)4-3-5-15-8/h3-5H,6,14H2,1-2H3,(H,15,16). The summed E-state index contributed by atoms with van der Waals surface area (Å²) in [5.74, 6) is -0.187. The van der Waals surface area contributed by atoms with E-state index in [0.29, 0.717) is 0 Å². The number of nitrogens with one attached hydrogen (secondary N) is 1. The van der Waals surface area contributed by atoms with Crippen LogP contribution in [0.3, 0.4) is 0 Å². The van der Waals surface area contributed by atoms with E-state index in [1.165, 1.54) is 12.3 Å². The van der Waals surface area contributed by atoms with E-state index in [1.54, 1.807) is 13.8 Å². The van der Waals surface area contributed by atoms with Gasteiger partial charge in [0, 0.05) is 18.3 Å². The van der Waals surface area contributed by atoms with Gasteiger partial charge in [0.2, 0.25) is 0 Å². The largest absolute Gasteiger partial charge is 0.419 e. The molecule has 0 bridgehead atoms. The lowest BCUT2D eigenvalue weighted by Crippen LogP contribution is -2.40. The van der Waals surface area contributed by atoms with Crippen LogP contribution in [0.4, 0.5) is 19.0 Å². The van der Waals surface area contributed by atoms with Crippen LogP contribution < -0.4 is 11.1 Å². The van der Waals surface area contributed by atoms with Crippen LogP contribution in [0, 0.1) is 0 Å². The lowest BCUT2D eigenvalue weighted by Gasteiger charge is -2.21. The fourth-order valence-electron chi connectivity index (χ4n) is 1.09. The van der Waals surface area contributed by atoms with Crippen LogP contribution in [0.1, 0.15) is 19.4 Å². The van der Waals surface area contributed by atoms with E-state index in [2.05, 4.69) is 10.3 Å². The van der Waals surface area contributed by atoms with Crippen molar-refractivity contribution in [2.24, 2.45) is 5.73 Å².